The first-order chi connectivity index (χ1) is 12.4. The largest absolute Gasteiger partial charge is 0.483 e. The van der Waals surface area contributed by atoms with Crippen LogP contribution in [0.15, 0.2) is 53.8 Å². The third kappa shape index (κ3) is 3.81. The Hall–Kier alpha value is -2.17. The molecule has 0 saturated heterocycles. The Morgan fingerprint density at radius 2 is 1.85 bits per heavy atom. The van der Waals surface area contributed by atoms with Gasteiger partial charge in [0.2, 0.25) is 5.76 Å². The lowest BCUT2D eigenvalue weighted by Crippen LogP contribution is -2.15. The second-order valence-electron chi connectivity index (χ2n) is 6.26. The molecule has 26 heavy (non-hydrogen) atoms. The first kappa shape index (κ1) is 18.6. The van der Waals surface area contributed by atoms with Gasteiger partial charge in [-0.3, -0.25) is 0 Å². The lowest BCUT2D eigenvalue weighted by Gasteiger charge is -2.14. The number of halogens is 2. The molecule has 1 unspecified atom stereocenters. The minimum absolute atomic E-state index is 0.0428. The molecule has 0 bridgehead atoms. The standard InChI is InChI=1S/C20H19Cl2NO3/c1-11-12(2)19(25-13(11)3)20(24)26-18-7-5-4-6-17(18)23-16-9-8-14(21)10-15(16)22/h4-11,13,23H,1-3H3/t11?,13-/m0/s1. The number of hydrogen-bond acceptors (Lipinski definition) is 4. The van der Waals surface area contributed by atoms with Crippen molar-refractivity contribution in [2.24, 2.45) is 5.92 Å². The summed E-state index contributed by atoms with van der Waals surface area (Å²) in [7, 11) is 0. The van der Waals surface area contributed by atoms with Crippen LogP contribution in [0.2, 0.25) is 10.0 Å². The van der Waals surface area contributed by atoms with Crippen molar-refractivity contribution < 1.29 is 14.3 Å². The van der Waals surface area contributed by atoms with E-state index in [0.717, 1.165) is 5.57 Å². The first-order valence-electron chi connectivity index (χ1n) is 8.27. The molecule has 0 spiro atoms. The van der Waals surface area contributed by atoms with Crippen molar-refractivity contribution in [1.82, 2.24) is 0 Å². The van der Waals surface area contributed by atoms with Gasteiger partial charge in [-0.25, -0.2) is 4.79 Å². The molecular formula is C20H19Cl2NO3. The second-order valence-corrected chi connectivity index (χ2v) is 7.10. The van der Waals surface area contributed by atoms with E-state index in [1.807, 2.05) is 26.8 Å². The van der Waals surface area contributed by atoms with Crippen LogP contribution in [0.5, 0.6) is 5.75 Å². The monoisotopic (exact) mass is 391 g/mol. The Balaban J connectivity index is 1.83. The molecule has 0 aromatic heterocycles. The van der Waals surface area contributed by atoms with Gasteiger partial charge in [0.15, 0.2) is 5.75 Å². The van der Waals surface area contributed by atoms with E-state index in [1.54, 1.807) is 36.4 Å². The van der Waals surface area contributed by atoms with Crippen molar-refractivity contribution >= 4 is 40.5 Å². The first-order valence-corrected chi connectivity index (χ1v) is 9.03. The fourth-order valence-electron chi connectivity index (χ4n) is 2.69. The number of benzene rings is 2. The predicted molar refractivity (Wildman–Crippen MR) is 104 cm³/mol. The zero-order valence-electron chi connectivity index (χ0n) is 14.7. The Morgan fingerprint density at radius 1 is 1.12 bits per heavy atom. The van der Waals surface area contributed by atoms with Crippen molar-refractivity contribution in [2.45, 2.75) is 26.9 Å². The number of nitrogens with one attached hydrogen (secondary N) is 1. The number of carbonyl (C=O) groups excluding carboxylic acids is 1. The van der Waals surface area contributed by atoms with Crippen molar-refractivity contribution in [3.05, 3.63) is 63.8 Å². The summed E-state index contributed by atoms with van der Waals surface area (Å²) in [6.45, 7) is 5.85. The Bertz CT molecular complexity index is 879. The Kier molecular flexibility index (Phi) is 5.44. The summed E-state index contributed by atoms with van der Waals surface area (Å²) in [5, 5.41) is 4.18. The highest BCUT2D eigenvalue weighted by Crippen LogP contribution is 2.35. The van der Waals surface area contributed by atoms with Gasteiger partial charge in [0.1, 0.15) is 6.10 Å². The fourth-order valence-corrected chi connectivity index (χ4v) is 3.15. The SMILES string of the molecule is CC1=C(C(=O)Oc2ccccc2Nc2ccc(Cl)cc2Cl)O[C@@H](C)C1C. The van der Waals surface area contributed by atoms with Gasteiger partial charge in [-0.2, -0.15) is 0 Å². The van der Waals surface area contributed by atoms with Crippen LogP contribution in [0.25, 0.3) is 0 Å². The summed E-state index contributed by atoms with van der Waals surface area (Å²) >= 11 is 12.1. The van der Waals surface area contributed by atoms with Gasteiger partial charge in [-0.15, -0.1) is 0 Å². The van der Waals surface area contributed by atoms with E-state index in [-0.39, 0.29) is 17.8 Å². The maximum absolute atomic E-state index is 12.6. The maximum Gasteiger partial charge on any atom is 0.379 e. The molecule has 4 nitrogen and oxygen atoms in total. The molecule has 1 N–H and O–H groups in total. The van der Waals surface area contributed by atoms with Crippen molar-refractivity contribution in [1.29, 1.82) is 0 Å². The van der Waals surface area contributed by atoms with Crippen LogP contribution < -0.4 is 10.1 Å². The van der Waals surface area contributed by atoms with Gasteiger partial charge in [-0.05, 0) is 49.8 Å². The highest BCUT2D eigenvalue weighted by molar-refractivity contribution is 6.36. The van der Waals surface area contributed by atoms with Crippen LogP contribution in [0.4, 0.5) is 11.4 Å². The third-order valence-corrected chi connectivity index (χ3v) is 5.07. The Labute approximate surface area is 162 Å². The van der Waals surface area contributed by atoms with E-state index in [4.69, 9.17) is 32.7 Å². The van der Waals surface area contributed by atoms with E-state index < -0.39 is 5.97 Å². The molecule has 2 aromatic rings. The van der Waals surface area contributed by atoms with Crippen molar-refractivity contribution in [3.63, 3.8) is 0 Å². The van der Waals surface area contributed by atoms with E-state index in [2.05, 4.69) is 5.32 Å². The van der Waals surface area contributed by atoms with Gasteiger partial charge >= 0.3 is 5.97 Å². The summed E-state index contributed by atoms with van der Waals surface area (Å²) in [5.74, 6) is 0.345. The summed E-state index contributed by atoms with van der Waals surface area (Å²) in [6, 6.07) is 12.3. The number of para-hydroxylation sites is 2. The van der Waals surface area contributed by atoms with Crippen LogP contribution in [-0.4, -0.2) is 12.1 Å². The van der Waals surface area contributed by atoms with E-state index in [1.165, 1.54) is 0 Å². The average molecular weight is 392 g/mol. The van der Waals surface area contributed by atoms with Crippen LogP contribution in [0.1, 0.15) is 20.8 Å². The zero-order valence-corrected chi connectivity index (χ0v) is 16.2. The maximum atomic E-state index is 12.6. The number of esters is 1. The summed E-state index contributed by atoms with van der Waals surface area (Å²) < 4.78 is 11.2. The minimum Gasteiger partial charge on any atom is -0.483 e. The van der Waals surface area contributed by atoms with Gasteiger partial charge < -0.3 is 14.8 Å². The number of hydrogen-bond donors (Lipinski definition) is 1. The molecule has 0 amide bonds. The molecule has 1 aliphatic rings. The Morgan fingerprint density at radius 3 is 2.50 bits per heavy atom. The lowest BCUT2D eigenvalue weighted by atomic mass is 9.99. The van der Waals surface area contributed by atoms with Gasteiger partial charge in [0.25, 0.3) is 0 Å². The molecule has 1 aliphatic heterocycles. The van der Waals surface area contributed by atoms with Crippen LogP contribution in [0, 0.1) is 5.92 Å². The number of rotatable bonds is 4. The molecule has 136 valence electrons. The van der Waals surface area contributed by atoms with Gasteiger partial charge in [0.05, 0.1) is 16.4 Å². The molecular weight excluding hydrogens is 373 g/mol. The highest BCUT2D eigenvalue weighted by Gasteiger charge is 2.32. The molecule has 1 heterocycles. The van der Waals surface area contributed by atoms with E-state index in [0.29, 0.717) is 27.2 Å². The molecule has 0 fully saturated rings. The van der Waals surface area contributed by atoms with E-state index >= 15 is 0 Å². The molecule has 6 heteroatoms. The second kappa shape index (κ2) is 7.60. The van der Waals surface area contributed by atoms with Crippen LogP contribution >= 0.6 is 23.2 Å². The van der Waals surface area contributed by atoms with Crippen molar-refractivity contribution in [2.75, 3.05) is 5.32 Å². The lowest BCUT2D eigenvalue weighted by molar-refractivity contribution is -0.134. The molecule has 0 radical (unpaired) electrons. The topological polar surface area (TPSA) is 47.6 Å². The molecule has 2 atom stereocenters. The third-order valence-electron chi connectivity index (χ3n) is 4.52. The number of anilines is 2. The zero-order chi connectivity index (χ0) is 18.8. The van der Waals surface area contributed by atoms with Gasteiger partial charge in [0, 0.05) is 10.9 Å². The molecule has 2 aromatic carbocycles. The minimum atomic E-state index is -0.504. The molecule has 3 rings (SSSR count). The highest BCUT2D eigenvalue weighted by atomic mass is 35.5. The summed E-state index contributed by atoms with van der Waals surface area (Å²) in [5.41, 5.74) is 2.17. The average Bonchev–Trinajstić information content (AvgIpc) is 2.86. The predicted octanol–water partition coefficient (Wildman–Crippen LogP) is 5.97. The van der Waals surface area contributed by atoms with Crippen LogP contribution in [0.3, 0.4) is 0 Å². The van der Waals surface area contributed by atoms with Gasteiger partial charge in [-0.1, -0.05) is 42.3 Å². The molecule has 0 saturated carbocycles. The quantitative estimate of drug-likeness (QED) is 0.514. The normalized spacial score (nSPS) is 19.3. The smallest absolute Gasteiger partial charge is 0.379 e. The number of carbonyl (C=O) groups is 1. The summed E-state index contributed by atoms with van der Waals surface area (Å²) in [6.07, 6.45) is -0.0428. The van der Waals surface area contributed by atoms with Crippen LogP contribution in [-0.2, 0) is 9.53 Å². The fraction of sp³-hybridized carbons (Fsp3) is 0.250. The summed E-state index contributed by atoms with van der Waals surface area (Å²) in [4.78, 5) is 12.6. The van der Waals surface area contributed by atoms with E-state index in [9.17, 15) is 4.79 Å². The molecule has 0 aliphatic carbocycles. The van der Waals surface area contributed by atoms with Crippen molar-refractivity contribution in [3.8, 4) is 5.75 Å². The number of ether oxygens (including phenoxy) is 2.